The molecule has 28 heavy (non-hydrogen) atoms. The smallest absolute Gasteiger partial charge is 0.239 e. The van der Waals surface area contributed by atoms with Gasteiger partial charge in [-0.3, -0.25) is 9.59 Å². The molecule has 156 valence electrons. The van der Waals surface area contributed by atoms with Gasteiger partial charge in [0, 0.05) is 24.8 Å². The summed E-state index contributed by atoms with van der Waals surface area (Å²) in [6.45, 7) is 10.5. The van der Waals surface area contributed by atoms with Crippen LogP contribution in [0.2, 0.25) is 0 Å². The molecule has 0 aromatic heterocycles. The Morgan fingerprint density at radius 3 is 2.36 bits per heavy atom. The van der Waals surface area contributed by atoms with Crippen LogP contribution in [-0.4, -0.2) is 44.5 Å². The van der Waals surface area contributed by atoms with E-state index in [1.54, 1.807) is 0 Å². The molecule has 0 saturated carbocycles. The standard InChI is InChI=1S/C22H36N4O2/c1-4-18(2)26-22(28)16-25-19(3)15-23-13-7-11-20-9-5-6-10-21(20)12-8-14-24-17-27/h5-6,9-10,17-18,23,25H,3-4,7-8,11-16H2,1-2H3,(H,24,27)(H,26,28). The van der Waals surface area contributed by atoms with E-state index in [0.29, 0.717) is 13.1 Å². The van der Waals surface area contributed by atoms with Gasteiger partial charge in [-0.25, -0.2) is 0 Å². The highest BCUT2D eigenvalue weighted by atomic mass is 16.2. The molecule has 0 heterocycles. The molecule has 1 aromatic rings. The number of carbonyl (C=O) groups is 2. The number of hydrogen-bond acceptors (Lipinski definition) is 4. The van der Waals surface area contributed by atoms with Gasteiger partial charge in [-0.05, 0) is 56.7 Å². The van der Waals surface area contributed by atoms with Crippen molar-refractivity contribution in [1.29, 1.82) is 0 Å². The van der Waals surface area contributed by atoms with Crippen LogP contribution in [0.1, 0.15) is 44.2 Å². The average molecular weight is 389 g/mol. The van der Waals surface area contributed by atoms with Crippen LogP contribution in [0.25, 0.3) is 0 Å². The predicted molar refractivity (Wildman–Crippen MR) is 115 cm³/mol. The zero-order valence-corrected chi connectivity index (χ0v) is 17.4. The fourth-order valence-electron chi connectivity index (χ4n) is 2.82. The molecule has 0 radical (unpaired) electrons. The molecular weight excluding hydrogens is 352 g/mol. The van der Waals surface area contributed by atoms with Crippen LogP contribution in [0.3, 0.4) is 0 Å². The van der Waals surface area contributed by atoms with Gasteiger partial charge in [0.25, 0.3) is 0 Å². The Morgan fingerprint density at radius 1 is 1.11 bits per heavy atom. The number of rotatable bonds is 16. The summed E-state index contributed by atoms with van der Waals surface area (Å²) in [6, 6.07) is 8.69. The number of carbonyl (C=O) groups excluding carboxylic acids is 2. The second kappa shape index (κ2) is 14.7. The molecule has 6 heteroatoms. The minimum atomic E-state index is -0.00421. The SMILES string of the molecule is C=C(CNCCCc1ccccc1CCCNC=O)NCC(=O)NC(C)CC. The minimum Gasteiger partial charge on any atom is -0.379 e. The van der Waals surface area contributed by atoms with Gasteiger partial charge in [0.2, 0.25) is 12.3 Å². The molecule has 1 unspecified atom stereocenters. The summed E-state index contributed by atoms with van der Waals surface area (Å²) >= 11 is 0. The van der Waals surface area contributed by atoms with Gasteiger partial charge >= 0.3 is 0 Å². The molecule has 0 aliphatic carbocycles. The Kier molecular flexibility index (Phi) is 12.4. The molecule has 1 rings (SSSR count). The Hall–Kier alpha value is -2.34. The van der Waals surface area contributed by atoms with Crippen molar-refractivity contribution in [3.05, 3.63) is 47.7 Å². The third-order valence-electron chi connectivity index (χ3n) is 4.63. The number of hydrogen-bond donors (Lipinski definition) is 4. The van der Waals surface area contributed by atoms with E-state index in [9.17, 15) is 9.59 Å². The van der Waals surface area contributed by atoms with Crippen LogP contribution in [0, 0.1) is 0 Å². The van der Waals surface area contributed by atoms with Gasteiger partial charge in [-0.1, -0.05) is 37.8 Å². The molecular formula is C22H36N4O2. The van der Waals surface area contributed by atoms with Crippen molar-refractivity contribution in [2.75, 3.05) is 26.2 Å². The molecule has 0 saturated heterocycles. The van der Waals surface area contributed by atoms with Gasteiger partial charge in [0.1, 0.15) is 0 Å². The molecule has 0 fully saturated rings. The molecule has 6 nitrogen and oxygen atoms in total. The van der Waals surface area contributed by atoms with E-state index >= 15 is 0 Å². The Labute approximate surface area is 169 Å². The molecule has 0 bridgehead atoms. The van der Waals surface area contributed by atoms with E-state index < -0.39 is 0 Å². The maximum atomic E-state index is 11.7. The first kappa shape index (κ1) is 23.7. The predicted octanol–water partition coefficient (Wildman–Crippen LogP) is 1.91. The Balaban J connectivity index is 2.19. The highest BCUT2D eigenvalue weighted by Crippen LogP contribution is 2.13. The minimum absolute atomic E-state index is 0.00421. The summed E-state index contributed by atoms with van der Waals surface area (Å²) in [6.07, 6.45) is 5.65. The van der Waals surface area contributed by atoms with Crippen molar-refractivity contribution in [2.45, 2.75) is 52.0 Å². The van der Waals surface area contributed by atoms with Crippen LogP contribution < -0.4 is 21.3 Å². The van der Waals surface area contributed by atoms with Crippen LogP contribution in [-0.2, 0) is 22.4 Å². The lowest BCUT2D eigenvalue weighted by atomic mass is 9.99. The number of benzene rings is 1. The summed E-state index contributed by atoms with van der Waals surface area (Å²) in [5.74, 6) is -0.00421. The van der Waals surface area contributed by atoms with Crippen molar-refractivity contribution in [3.8, 4) is 0 Å². The fraction of sp³-hybridized carbons (Fsp3) is 0.545. The lowest BCUT2D eigenvalue weighted by Crippen LogP contribution is -2.39. The van der Waals surface area contributed by atoms with Crippen molar-refractivity contribution in [2.24, 2.45) is 0 Å². The van der Waals surface area contributed by atoms with Crippen molar-refractivity contribution in [1.82, 2.24) is 21.3 Å². The monoisotopic (exact) mass is 388 g/mol. The van der Waals surface area contributed by atoms with E-state index in [1.165, 1.54) is 11.1 Å². The van der Waals surface area contributed by atoms with Crippen LogP contribution in [0.15, 0.2) is 36.5 Å². The third-order valence-corrected chi connectivity index (χ3v) is 4.63. The zero-order valence-electron chi connectivity index (χ0n) is 17.4. The van der Waals surface area contributed by atoms with Crippen molar-refractivity contribution >= 4 is 12.3 Å². The van der Waals surface area contributed by atoms with Crippen LogP contribution in [0.5, 0.6) is 0 Å². The van der Waals surface area contributed by atoms with Crippen molar-refractivity contribution < 1.29 is 9.59 Å². The highest BCUT2D eigenvalue weighted by Gasteiger charge is 2.05. The second-order valence-electron chi connectivity index (χ2n) is 7.06. The van der Waals surface area contributed by atoms with Gasteiger partial charge in [-0.2, -0.15) is 0 Å². The zero-order chi connectivity index (χ0) is 20.6. The maximum absolute atomic E-state index is 11.7. The van der Waals surface area contributed by atoms with E-state index in [4.69, 9.17) is 0 Å². The molecule has 0 spiro atoms. The van der Waals surface area contributed by atoms with E-state index in [-0.39, 0.29) is 18.5 Å². The first-order chi connectivity index (χ1) is 13.6. The van der Waals surface area contributed by atoms with Crippen molar-refractivity contribution in [3.63, 3.8) is 0 Å². The summed E-state index contributed by atoms with van der Waals surface area (Å²) in [5.41, 5.74) is 3.55. The first-order valence-corrected chi connectivity index (χ1v) is 10.2. The normalized spacial score (nSPS) is 11.5. The lowest BCUT2D eigenvalue weighted by molar-refractivity contribution is -0.120. The van der Waals surface area contributed by atoms with E-state index in [1.807, 2.05) is 13.8 Å². The molecule has 0 aliphatic heterocycles. The van der Waals surface area contributed by atoms with Gasteiger partial charge in [0.15, 0.2) is 0 Å². The number of nitrogens with one attached hydrogen (secondary N) is 4. The quantitative estimate of drug-likeness (QED) is 0.258. The van der Waals surface area contributed by atoms with Crippen LogP contribution in [0.4, 0.5) is 0 Å². The summed E-state index contributed by atoms with van der Waals surface area (Å²) in [4.78, 5) is 22.1. The van der Waals surface area contributed by atoms with Gasteiger partial charge in [0.05, 0.1) is 6.54 Å². The summed E-state index contributed by atoms with van der Waals surface area (Å²) < 4.78 is 0. The second-order valence-corrected chi connectivity index (χ2v) is 7.06. The van der Waals surface area contributed by atoms with Crippen LogP contribution >= 0.6 is 0 Å². The third kappa shape index (κ3) is 10.7. The van der Waals surface area contributed by atoms with E-state index in [2.05, 4.69) is 52.1 Å². The average Bonchev–Trinajstić information content (AvgIpc) is 2.70. The molecule has 0 aliphatic rings. The summed E-state index contributed by atoms with van der Waals surface area (Å²) in [5, 5.41) is 12.1. The van der Waals surface area contributed by atoms with E-state index in [0.717, 1.165) is 50.8 Å². The molecule has 1 aromatic carbocycles. The van der Waals surface area contributed by atoms with Gasteiger partial charge in [-0.15, -0.1) is 0 Å². The largest absolute Gasteiger partial charge is 0.379 e. The van der Waals surface area contributed by atoms with Gasteiger partial charge < -0.3 is 21.3 Å². The Morgan fingerprint density at radius 2 is 1.75 bits per heavy atom. The molecule has 2 amide bonds. The number of amides is 2. The molecule has 1 atom stereocenters. The lowest BCUT2D eigenvalue weighted by Gasteiger charge is -2.14. The Bertz CT molecular complexity index is 604. The first-order valence-electron chi connectivity index (χ1n) is 10.2. The topological polar surface area (TPSA) is 82.3 Å². The highest BCUT2D eigenvalue weighted by molar-refractivity contribution is 5.78. The summed E-state index contributed by atoms with van der Waals surface area (Å²) in [7, 11) is 0. The maximum Gasteiger partial charge on any atom is 0.239 e. The fourth-order valence-corrected chi connectivity index (χ4v) is 2.82. The number of aryl methyl sites for hydroxylation is 2. The molecule has 4 N–H and O–H groups in total.